The number of nitrogen functional groups attached to an aromatic ring is 2. The van der Waals surface area contributed by atoms with Crippen LogP contribution in [0.3, 0.4) is 0 Å². The molecule has 1 heterocycles. The van der Waals surface area contributed by atoms with Crippen LogP contribution in [-0.4, -0.2) is 20.5 Å². The zero-order valence-electron chi connectivity index (χ0n) is 14.8. The second-order valence-corrected chi connectivity index (χ2v) is 10.0. The van der Waals surface area contributed by atoms with Crippen molar-refractivity contribution in [1.82, 2.24) is 0 Å². The molecule has 0 unspecified atom stereocenters. The molecule has 0 bridgehead atoms. The second kappa shape index (κ2) is 7.38. The number of thiophene rings is 1. The van der Waals surface area contributed by atoms with E-state index in [0.717, 1.165) is 16.7 Å². The van der Waals surface area contributed by atoms with Gasteiger partial charge in [0.25, 0.3) is 0 Å². The second-order valence-electron chi connectivity index (χ2n) is 5.99. The molecule has 5 N–H and O–H groups in total. The molecule has 0 atom stereocenters. The molecule has 27 heavy (non-hydrogen) atoms. The fourth-order valence-corrected chi connectivity index (χ4v) is 6.69. The first kappa shape index (κ1) is 19.5. The van der Waals surface area contributed by atoms with Crippen LogP contribution in [0, 0.1) is 12.3 Å². The quantitative estimate of drug-likeness (QED) is 0.250. The first-order chi connectivity index (χ1) is 12.7. The summed E-state index contributed by atoms with van der Waals surface area (Å²) in [5, 5.41) is 7.59. The number of rotatable bonds is 5. The van der Waals surface area contributed by atoms with Crippen LogP contribution in [0.2, 0.25) is 0 Å². The van der Waals surface area contributed by atoms with Crippen LogP contribution in [0.15, 0.2) is 62.5 Å². The molecule has 0 fully saturated rings. The minimum Gasteiger partial charge on any atom is -0.399 e. The third-order valence-electron chi connectivity index (χ3n) is 4.11. The molecule has 0 aliphatic carbocycles. The van der Waals surface area contributed by atoms with E-state index in [0.29, 0.717) is 14.8 Å². The molecule has 3 aromatic rings. The smallest absolute Gasteiger partial charge is 0.208 e. The average Bonchev–Trinajstić information content (AvgIpc) is 3.07. The van der Waals surface area contributed by atoms with Crippen LogP contribution >= 0.6 is 23.1 Å². The molecule has 0 aliphatic rings. The lowest BCUT2D eigenvalue weighted by Crippen LogP contribution is -2.08. The molecule has 0 amide bonds. The fraction of sp³-hybridized carbons (Fsp3) is 0.105. The summed E-state index contributed by atoms with van der Waals surface area (Å²) in [6.07, 6.45) is 1.81. The van der Waals surface area contributed by atoms with E-state index in [1.54, 1.807) is 24.3 Å². The van der Waals surface area contributed by atoms with E-state index in [1.165, 1.54) is 29.2 Å². The summed E-state index contributed by atoms with van der Waals surface area (Å²) < 4.78 is 27.1. The van der Waals surface area contributed by atoms with Crippen molar-refractivity contribution in [2.24, 2.45) is 5.73 Å². The lowest BCUT2D eigenvalue weighted by Gasteiger charge is -2.10. The number of nitrogens with one attached hydrogen (secondary N) is 1. The van der Waals surface area contributed by atoms with Gasteiger partial charge < -0.3 is 11.5 Å². The maximum absolute atomic E-state index is 13.2. The van der Waals surface area contributed by atoms with Gasteiger partial charge in [0.15, 0.2) is 0 Å². The molecular weight excluding hydrogens is 398 g/mol. The van der Waals surface area contributed by atoms with Gasteiger partial charge in [-0.2, -0.15) is 0 Å². The van der Waals surface area contributed by atoms with Gasteiger partial charge in [0, 0.05) is 5.69 Å². The molecular formula is C19H19N3O2S3. The Bertz CT molecular complexity index is 1130. The molecule has 0 radical (unpaired) electrons. The van der Waals surface area contributed by atoms with E-state index < -0.39 is 9.84 Å². The number of amidine groups is 1. The summed E-state index contributed by atoms with van der Waals surface area (Å²) in [6, 6.07) is 13.9. The largest absolute Gasteiger partial charge is 0.399 e. The van der Waals surface area contributed by atoms with Crippen molar-refractivity contribution in [3.63, 3.8) is 0 Å². The Kier molecular flexibility index (Phi) is 5.32. The highest BCUT2D eigenvalue weighted by atomic mass is 32.2. The maximum atomic E-state index is 13.2. The van der Waals surface area contributed by atoms with Crippen LogP contribution in [0.1, 0.15) is 10.4 Å². The Labute approximate surface area is 166 Å². The zero-order valence-corrected chi connectivity index (χ0v) is 17.3. The molecule has 1 aromatic heterocycles. The highest BCUT2D eigenvalue weighted by Crippen LogP contribution is 2.37. The van der Waals surface area contributed by atoms with E-state index in [2.05, 4.69) is 0 Å². The molecule has 0 saturated carbocycles. The number of nitrogens with two attached hydrogens (primary N) is 2. The number of benzene rings is 2. The fourth-order valence-electron chi connectivity index (χ4n) is 2.79. The minimum absolute atomic E-state index is 0.136. The van der Waals surface area contributed by atoms with Crippen LogP contribution < -0.4 is 11.5 Å². The molecule has 8 heteroatoms. The Balaban J connectivity index is 2.13. The maximum Gasteiger partial charge on any atom is 0.208 e. The first-order valence-electron chi connectivity index (χ1n) is 7.98. The molecule has 2 aromatic carbocycles. The number of anilines is 1. The summed E-state index contributed by atoms with van der Waals surface area (Å²) in [5.74, 6) is -0.136. The molecule has 0 aliphatic heterocycles. The van der Waals surface area contributed by atoms with Gasteiger partial charge in [-0.05, 0) is 60.2 Å². The SMILES string of the molecule is CSc1sc(C(=N)N)cc1S(=O)(=O)c1cccc(-c2ccc(N)cc2C)c1. The lowest BCUT2D eigenvalue weighted by molar-refractivity contribution is 0.595. The van der Waals surface area contributed by atoms with Crippen LogP contribution in [0.5, 0.6) is 0 Å². The zero-order chi connectivity index (χ0) is 19.8. The summed E-state index contributed by atoms with van der Waals surface area (Å²) in [6.45, 7) is 1.94. The van der Waals surface area contributed by atoms with E-state index in [-0.39, 0.29) is 15.6 Å². The van der Waals surface area contributed by atoms with Gasteiger partial charge in [-0.15, -0.1) is 23.1 Å². The number of hydrogen-bond donors (Lipinski definition) is 3. The predicted molar refractivity (Wildman–Crippen MR) is 114 cm³/mol. The number of thioether (sulfide) groups is 1. The Morgan fingerprint density at radius 3 is 2.52 bits per heavy atom. The summed E-state index contributed by atoms with van der Waals surface area (Å²) >= 11 is 2.55. The summed E-state index contributed by atoms with van der Waals surface area (Å²) in [4.78, 5) is 0.847. The average molecular weight is 418 g/mol. The van der Waals surface area contributed by atoms with Crippen LogP contribution in [0.25, 0.3) is 11.1 Å². The van der Waals surface area contributed by atoms with Gasteiger partial charge in [0.2, 0.25) is 9.84 Å². The third kappa shape index (κ3) is 3.73. The predicted octanol–water partition coefficient (Wildman–Crippen LogP) is 4.14. The molecule has 3 rings (SSSR count). The van der Waals surface area contributed by atoms with E-state index in [9.17, 15) is 8.42 Å². The van der Waals surface area contributed by atoms with Gasteiger partial charge in [-0.3, -0.25) is 5.41 Å². The molecule has 140 valence electrons. The number of hydrogen-bond acceptors (Lipinski definition) is 6. The Morgan fingerprint density at radius 2 is 1.89 bits per heavy atom. The summed E-state index contributed by atoms with van der Waals surface area (Å²) in [7, 11) is -3.73. The van der Waals surface area contributed by atoms with Gasteiger partial charge in [0.05, 0.1) is 18.9 Å². The molecule has 0 saturated heterocycles. The lowest BCUT2D eigenvalue weighted by atomic mass is 10.0. The Hall–Kier alpha value is -2.29. The van der Waals surface area contributed by atoms with Crippen molar-refractivity contribution in [2.45, 2.75) is 20.9 Å². The number of sulfone groups is 1. The highest BCUT2D eigenvalue weighted by molar-refractivity contribution is 8.01. The summed E-state index contributed by atoms with van der Waals surface area (Å²) in [5.41, 5.74) is 14.7. The minimum atomic E-state index is -3.73. The van der Waals surface area contributed by atoms with Crippen LogP contribution in [0.4, 0.5) is 5.69 Å². The standard InChI is InChI=1S/C19H19N3O2S3/c1-11-8-13(20)6-7-15(11)12-4-3-5-14(9-12)27(23,24)17-10-16(18(21)22)26-19(17)25-2/h3-10H,20H2,1-2H3,(H3,21,22). The van der Waals surface area contributed by atoms with E-state index in [1.807, 2.05) is 31.4 Å². The first-order valence-corrected chi connectivity index (χ1v) is 11.5. The van der Waals surface area contributed by atoms with Crippen molar-refractivity contribution >= 4 is 44.5 Å². The van der Waals surface area contributed by atoms with Gasteiger partial charge in [-0.1, -0.05) is 18.2 Å². The molecule has 5 nitrogen and oxygen atoms in total. The van der Waals surface area contributed by atoms with Gasteiger partial charge >= 0.3 is 0 Å². The van der Waals surface area contributed by atoms with E-state index in [4.69, 9.17) is 16.9 Å². The monoisotopic (exact) mass is 417 g/mol. The van der Waals surface area contributed by atoms with Crippen LogP contribution in [-0.2, 0) is 9.84 Å². The van der Waals surface area contributed by atoms with E-state index >= 15 is 0 Å². The topological polar surface area (TPSA) is 110 Å². The third-order valence-corrected chi connectivity index (χ3v) is 8.45. The van der Waals surface area contributed by atoms with Crippen molar-refractivity contribution in [2.75, 3.05) is 12.0 Å². The number of aryl methyl sites for hydroxylation is 1. The van der Waals surface area contributed by atoms with Crippen molar-refractivity contribution in [3.05, 3.63) is 59.0 Å². The van der Waals surface area contributed by atoms with Crippen molar-refractivity contribution in [1.29, 1.82) is 5.41 Å². The van der Waals surface area contributed by atoms with Crippen molar-refractivity contribution in [3.8, 4) is 11.1 Å². The Morgan fingerprint density at radius 1 is 1.15 bits per heavy atom. The van der Waals surface area contributed by atoms with Gasteiger partial charge in [0.1, 0.15) is 5.84 Å². The molecule has 0 spiro atoms. The normalized spacial score (nSPS) is 11.5. The van der Waals surface area contributed by atoms with Crippen molar-refractivity contribution < 1.29 is 8.42 Å². The highest BCUT2D eigenvalue weighted by Gasteiger charge is 2.25. The van der Waals surface area contributed by atoms with Gasteiger partial charge in [-0.25, -0.2) is 8.42 Å².